The number of methoxy groups -OCH3 is 1. The van der Waals surface area contributed by atoms with Crippen molar-refractivity contribution in [1.82, 2.24) is 106 Å². The van der Waals surface area contributed by atoms with Gasteiger partial charge in [0.05, 0.1) is 38.5 Å². The Balaban J connectivity index is 0.000000123. The number of anilines is 10. The van der Waals surface area contributed by atoms with Crippen molar-refractivity contribution in [3.8, 4) is 54.2 Å². The standard InChI is InChI=1S/C20H21N5O.C15H15ClN6O2S2.C15H16N6O2S2.C15H15N5S.C14H12FN5S.2H2/c1-26-11-5-8-16-13-21-19(15-6-3-2-4-7-15)23-20(16)22-18-12-17(24-25-18)14-9-10-14;1-17-26(23,24)13-5-4-11(25-13)15-18-7-9(16)14(20-15)19-12-6-10(21-22-12)8-2-3-8;1-8-7-17-15(11-4-5-13(24-11)25(16,22)23)19-14(8)18-12-6-10(20-21-12)9-2-3-9;1-9-8-16-15(12-3-2-6-21-12)18-14(9)17-13-7-11(19-20-13)10-4-5-10;15-9-7-16-14(11-2-1-5-21-11)18-13(9)17-12-6-10(19-20-12)8-3-4-8;;/h2-8,12-14H,9-11H2,1H3,(H2,21,22,23,24,25);4-8,17H,2-3H2,1H3,(H2,18,19,20,21,22);4-7,9H,2-3H2,1H3,(H2,16,22,23)(H2,17,18,19,20,21);2-3,6-8,10H,4-5H2,1H3,(H2,16,17,18,19,20);1-2,5-8H,3-4H2,(H2,16,17,18,19,20);2*1H/b8-5+;;;;;;. The van der Waals surface area contributed by atoms with Crippen molar-refractivity contribution in [3.63, 3.8) is 0 Å². The number of halogens is 2. The molecule has 0 spiro atoms. The van der Waals surface area contributed by atoms with Gasteiger partial charge in [0, 0.05) is 139 Å². The predicted molar refractivity (Wildman–Crippen MR) is 465 cm³/mol. The van der Waals surface area contributed by atoms with Crippen LogP contribution in [0.1, 0.15) is 142 Å². The van der Waals surface area contributed by atoms with Crippen LogP contribution in [0.25, 0.3) is 60.3 Å². The third-order valence-electron chi connectivity index (χ3n) is 19.0. The van der Waals surface area contributed by atoms with Crippen molar-refractivity contribution in [3.05, 3.63) is 213 Å². The molecule has 20 rings (SSSR count). The lowest BCUT2D eigenvalue weighted by atomic mass is 10.2. The van der Waals surface area contributed by atoms with Crippen molar-refractivity contribution in [2.75, 3.05) is 47.3 Å². The molecule has 614 valence electrons. The largest absolute Gasteiger partial charge is 0.381 e. The van der Waals surface area contributed by atoms with Crippen molar-refractivity contribution in [1.29, 1.82) is 0 Å². The van der Waals surface area contributed by atoms with Gasteiger partial charge in [-0.05, 0) is 132 Å². The summed E-state index contributed by atoms with van der Waals surface area (Å²) in [4.78, 5) is 47.1. The van der Waals surface area contributed by atoms with Crippen LogP contribution >= 0.6 is 56.9 Å². The maximum atomic E-state index is 13.9. The minimum Gasteiger partial charge on any atom is -0.381 e. The van der Waals surface area contributed by atoms with E-state index < -0.39 is 25.9 Å². The number of primary sulfonamides is 1. The van der Waals surface area contributed by atoms with Crippen LogP contribution in [0.3, 0.4) is 0 Å². The molecule has 0 atom stereocenters. The van der Waals surface area contributed by atoms with Crippen LogP contribution in [-0.2, 0) is 24.8 Å². The van der Waals surface area contributed by atoms with Crippen LogP contribution in [0.15, 0.2) is 165 Å². The molecule has 32 nitrogen and oxygen atoms in total. The fourth-order valence-corrected chi connectivity index (χ4v) is 17.1. The molecule has 0 amide bonds. The summed E-state index contributed by atoms with van der Waals surface area (Å²) in [5.74, 6) is 11.5. The van der Waals surface area contributed by atoms with E-state index in [1.807, 2.05) is 122 Å². The van der Waals surface area contributed by atoms with Crippen LogP contribution in [0, 0.1) is 19.7 Å². The number of sulfonamides is 2. The Labute approximate surface area is 706 Å². The summed E-state index contributed by atoms with van der Waals surface area (Å²) in [6.07, 6.45) is 24.0. The molecule has 15 aromatic rings. The van der Waals surface area contributed by atoms with E-state index in [1.165, 1.54) is 119 Å². The number of nitrogens with two attached hydrogens (primary N) is 1. The average Bonchev–Trinajstić information content (AvgIpc) is 1.78. The molecule has 0 saturated heterocycles. The van der Waals surface area contributed by atoms with Gasteiger partial charge in [-0.25, -0.2) is 80.9 Å². The Kier molecular flexibility index (Phi) is 24.6. The first-order chi connectivity index (χ1) is 57.8. The molecular formula is C79H83ClFN27O5S6. The van der Waals surface area contributed by atoms with Gasteiger partial charge < -0.3 is 31.3 Å². The predicted octanol–water partition coefficient (Wildman–Crippen LogP) is 17.8. The van der Waals surface area contributed by atoms with Crippen LogP contribution in [0.2, 0.25) is 5.02 Å². The highest BCUT2D eigenvalue weighted by Gasteiger charge is 2.31. The fraction of sp³-hybridized carbons (Fsp3) is 0.253. The van der Waals surface area contributed by atoms with E-state index >= 15 is 0 Å². The number of hydrogen-bond acceptors (Lipinski definition) is 29. The molecule has 5 aliphatic carbocycles. The summed E-state index contributed by atoms with van der Waals surface area (Å²) in [6.45, 7) is 4.42. The minimum absolute atomic E-state index is 0. The lowest BCUT2D eigenvalue weighted by molar-refractivity contribution is 0.234. The Bertz CT molecular complexity index is 6150. The highest BCUT2D eigenvalue weighted by Crippen LogP contribution is 2.44. The van der Waals surface area contributed by atoms with E-state index in [4.69, 9.17) is 26.5 Å². The monoisotopic (exact) mass is 1740 g/mol. The number of H-pyrrole nitrogens is 5. The van der Waals surface area contributed by atoms with Crippen molar-refractivity contribution in [2.45, 2.75) is 116 Å². The summed E-state index contributed by atoms with van der Waals surface area (Å²) in [6, 6.07) is 34.1. The van der Waals surface area contributed by atoms with Gasteiger partial charge in [-0.3, -0.25) is 25.5 Å². The van der Waals surface area contributed by atoms with Gasteiger partial charge in [-0.1, -0.05) is 66.2 Å². The normalized spacial score (nSPS) is 14.4. The first-order valence-electron chi connectivity index (χ1n) is 37.9. The van der Waals surface area contributed by atoms with Crippen LogP contribution in [0.5, 0.6) is 0 Å². The van der Waals surface area contributed by atoms with Gasteiger partial charge in [0.15, 0.2) is 75.7 Å². The second kappa shape index (κ2) is 36.2. The molecule has 119 heavy (non-hydrogen) atoms. The number of nitrogens with zero attached hydrogens (tertiary/aromatic N) is 15. The zero-order valence-electron chi connectivity index (χ0n) is 64.3. The number of aromatic amines is 5. The molecule has 40 heteroatoms. The van der Waals surface area contributed by atoms with E-state index in [1.54, 1.807) is 36.8 Å². The van der Waals surface area contributed by atoms with Crippen LogP contribution < -0.4 is 36.4 Å². The summed E-state index contributed by atoms with van der Waals surface area (Å²) >= 11 is 11.5. The number of hydrogen-bond donors (Lipinski definition) is 12. The number of aromatic nitrogens is 20. The number of rotatable bonds is 26. The number of benzene rings is 1. The van der Waals surface area contributed by atoms with E-state index in [0.29, 0.717) is 103 Å². The molecule has 0 unspecified atom stereocenters. The molecule has 14 aromatic heterocycles. The zero-order valence-corrected chi connectivity index (χ0v) is 69.9. The molecule has 5 aliphatic rings. The van der Waals surface area contributed by atoms with Gasteiger partial charge in [0.25, 0.3) is 0 Å². The number of aryl methyl sites for hydroxylation is 2. The molecule has 5 saturated carbocycles. The topological polar surface area (TPSA) is 448 Å². The molecule has 14 heterocycles. The van der Waals surface area contributed by atoms with Crippen molar-refractivity contribution in [2.24, 2.45) is 5.14 Å². The highest BCUT2D eigenvalue weighted by atomic mass is 35.5. The zero-order chi connectivity index (χ0) is 82.2. The molecule has 0 bridgehead atoms. The minimum atomic E-state index is -3.72. The Hall–Kier alpha value is -11.8. The molecule has 0 aliphatic heterocycles. The second-order valence-electron chi connectivity index (χ2n) is 28.4. The van der Waals surface area contributed by atoms with Gasteiger partial charge in [-0.15, -0.1) is 45.3 Å². The lowest BCUT2D eigenvalue weighted by Crippen LogP contribution is -2.17. The number of ether oxygens (including phenoxy) is 1. The second-order valence-corrected chi connectivity index (χ2v) is 36.8. The lowest BCUT2D eigenvalue weighted by Gasteiger charge is -2.08. The van der Waals surface area contributed by atoms with E-state index in [0.717, 1.165) is 101 Å². The first kappa shape index (κ1) is 81.0. The maximum Gasteiger partial charge on any atom is 0.249 e. The highest BCUT2D eigenvalue weighted by molar-refractivity contribution is 7.91. The summed E-state index contributed by atoms with van der Waals surface area (Å²) in [5.41, 5.74) is 9.44. The van der Waals surface area contributed by atoms with Gasteiger partial charge in [0.1, 0.15) is 30.9 Å². The van der Waals surface area contributed by atoms with Gasteiger partial charge >= 0.3 is 0 Å². The number of nitrogens with one attached hydrogen (secondary N) is 11. The van der Waals surface area contributed by atoms with Crippen molar-refractivity contribution >= 4 is 141 Å². The Morgan fingerprint density at radius 3 is 1.29 bits per heavy atom. The Morgan fingerprint density at radius 1 is 0.479 bits per heavy atom. The average molecular weight is 1740 g/mol. The van der Waals surface area contributed by atoms with E-state index in [-0.39, 0.29) is 17.1 Å². The first-order valence-corrected chi connectivity index (χ1v) is 44.7. The van der Waals surface area contributed by atoms with Crippen molar-refractivity contribution < 1.29 is 28.8 Å². The summed E-state index contributed by atoms with van der Waals surface area (Å²) in [7, 11) is -4.18. The Morgan fingerprint density at radius 2 is 0.866 bits per heavy atom. The quantitative estimate of drug-likeness (QED) is 0.0239. The summed E-state index contributed by atoms with van der Waals surface area (Å²) in [5, 5.41) is 61.8. The summed E-state index contributed by atoms with van der Waals surface area (Å²) < 4.78 is 68.1. The number of thiophene rings is 4. The molecule has 1 aromatic carbocycles. The van der Waals surface area contributed by atoms with E-state index in [9.17, 15) is 21.2 Å². The molecule has 5 fully saturated rings. The van der Waals surface area contributed by atoms with Crippen LogP contribution in [0.4, 0.5) is 62.6 Å². The maximum absolute atomic E-state index is 13.9. The third-order valence-corrected chi connectivity index (χ3v) is 26.6. The van der Waals surface area contributed by atoms with Gasteiger partial charge in [0.2, 0.25) is 20.0 Å². The SMILES string of the molecule is CNS(=O)(=O)c1ccc(-c2ncc(Cl)c(Nc3cc(C4CC4)[nH]n3)n2)s1.COC/C=C/c1cnc(-c2ccccc2)nc1Nc1cc(C2CC2)[nH]n1.Cc1cnc(-c2ccc(S(N)(=O)=O)s2)nc1Nc1cc(C2CC2)[nH]n1.Cc1cnc(-c2cccs2)nc1Nc1cc(C2CC2)[nH]n1.Fc1cnc(-c2cccs2)nc1Nc1cc(C2CC2)[nH]n1.[HH].[HH]. The smallest absolute Gasteiger partial charge is 0.249 e. The molecule has 0 radical (unpaired) electrons. The molecule has 13 N–H and O–H groups in total. The van der Waals surface area contributed by atoms with Crippen LogP contribution in [-0.4, -0.2) is 138 Å². The molecular weight excluding hydrogens is 1650 g/mol. The third kappa shape index (κ3) is 21.2. The van der Waals surface area contributed by atoms with E-state index in [2.05, 4.69) is 139 Å². The van der Waals surface area contributed by atoms with Gasteiger partial charge in [-0.2, -0.15) is 25.5 Å². The fourth-order valence-electron chi connectivity index (χ4n) is 11.8.